The van der Waals surface area contributed by atoms with Gasteiger partial charge in [0.2, 0.25) is 5.91 Å². The minimum atomic E-state index is -4.17. The van der Waals surface area contributed by atoms with Crippen LogP contribution in [0.25, 0.3) is 0 Å². The lowest BCUT2D eigenvalue weighted by Crippen LogP contribution is -2.48. The van der Waals surface area contributed by atoms with Crippen LogP contribution in [0.4, 0.5) is 10.5 Å². The molecule has 1 aliphatic rings. The molecule has 45 heavy (non-hydrogen) atoms. The lowest BCUT2D eigenvalue weighted by Gasteiger charge is -2.35. The number of carbonyl (C=O) groups excluding carboxylic acids is 3. The van der Waals surface area contributed by atoms with Crippen LogP contribution in [0.1, 0.15) is 50.9 Å². The molecule has 3 amide bonds. The molecule has 1 fully saturated rings. The van der Waals surface area contributed by atoms with E-state index < -0.39 is 21.5 Å². The summed E-state index contributed by atoms with van der Waals surface area (Å²) >= 11 is 0. The van der Waals surface area contributed by atoms with Crippen LogP contribution < -0.4 is 19.9 Å². The summed E-state index contributed by atoms with van der Waals surface area (Å²) in [6, 6.07) is 22.2. The Morgan fingerprint density at radius 2 is 1.49 bits per heavy atom. The van der Waals surface area contributed by atoms with Gasteiger partial charge in [-0.3, -0.25) is 9.59 Å². The van der Waals surface area contributed by atoms with E-state index in [1.54, 1.807) is 65.6 Å². The zero-order chi connectivity index (χ0) is 32.6. The highest BCUT2D eigenvalue weighted by Gasteiger charge is 2.30. The zero-order valence-electron chi connectivity index (χ0n) is 25.9. The lowest BCUT2D eigenvalue weighted by molar-refractivity contribution is -0.121. The van der Waals surface area contributed by atoms with Gasteiger partial charge in [0, 0.05) is 24.7 Å². The number of sulfonamides is 1. The number of benzene rings is 3. The summed E-state index contributed by atoms with van der Waals surface area (Å²) in [5.41, 5.74) is -0.0583. The van der Waals surface area contributed by atoms with Crippen molar-refractivity contribution in [2.45, 2.75) is 57.1 Å². The summed E-state index contributed by atoms with van der Waals surface area (Å²) in [5, 5.41) is 5.51. The molecule has 3 aromatic rings. The Labute approximate surface area is 264 Å². The number of nitrogens with one attached hydrogen (secondary N) is 2. The topological polar surface area (TPSA) is 134 Å². The van der Waals surface area contributed by atoms with E-state index in [0.29, 0.717) is 24.5 Å². The number of piperidine rings is 1. The van der Waals surface area contributed by atoms with E-state index in [0.717, 1.165) is 17.3 Å². The molecule has 11 nitrogen and oxygen atoms in total. The molecule has 1 aliphatic heterocycles. The van der Waals surface area contributed by atoms with Gasteiger partial charge >= 0.3 is 6.09 Å². The first-order valence-electron chi connectivity index (χ1n) is 14.8. The third-order valence-electron chi connectivity index (χ3n) is 7.23. The molecule has 4 rings (SSSR count). The standard InChI is InChI=1S/C33H40N4O7S/c1-24(25-19-21-36(22-20-25)32(40)43-33(2,3)4)35-30(38)23-34-31(39)26-15-17-29(18-16-26)45(41,42)37(27-11-7-5-8-12-27)44-28-13-9-6-10-14-28/h5-18,24-25H,19-23H2,1-4H3,(H,34,39)(H,35,38). The quantitative estimate of drug-likeness (QED) is 0.307. The van der Waals surface area contributed by atoms with Crippen LogP contribution in [0.5, 0.6) is 5.75 Å². The van der Waals surface area contributed by atoms with Crippen molar-refractivity contribution in [1.29, 1.82) is 0 Å². The number of nitrogens with zero attached hydrogens (tertiary/aromatic N) is 2. The Morgan fingerprint density at radius 3 is 2.07 bits per heavy atom. The van der Waals surface area contributed by atoms with E-state index >= 15 is 0 Å². The monoisotopic (exact) mass is 636 g/mol. The molecule has 1 heterocycles. The van der Waals surface area contributed by atoms with Crippen molar-refractivity contribution in [3.8, 4) is 5.75 Å². The van der Waals surface area contributed by atoms with Crippen molar-refractivity contribution in [3.05, 3.63) is 90.5 Å². The molecule has 2 N–H and O–H groups in total. The molecule has 0 aliphatic carbocycles. The molecular formula is C33H40N4O7S. The number of amides is 3. The Hall–Kier alpha value is -4.58. The molecule has 1 atom stereocenters. The fraction of sp³-hybridized carbons (Fsp3) is 0.364. The van der Waals surface area contributed by atoms with Crippen LogP contribution >= 0.6 is 0 Å². The fourth-order valence-electron chi connectivity index (χ4n) is 4.84. The molecule has 1 unspecified atom stereocenters. The van der Waals surface area contributed by atoms with Crippen LogP contribution in [-0.2, 0) is 19.6 Å². The fourth-order valence-corrected chi connectivity index (χ4v) is 6.09. The van der Waals surface area contributed by atoms with E-state index in [2.05, 4.69) is 10.6 Å². The number of likely N-dealkylation sites (tertiary alicyclic amines) is 1. The highest BCUT2D eigenvalue weighted by molar-refractivity contribution is 7.92. The van der Waals surface area contributed by atoms with Crippen molar-refractivity contribution in [3.63, 3.8) is 0 Å². The average Bonchev–Trinajstić information content (AvgIpc) is 3.02. The van der Waals surface area contributed by atoms with E-state index in [1.165, 1.54) is 24.3 Å². The van der Waals surface area contributed by atoms with Gasteiger partial charge in [0.05, 0.1) is 17.1 Å². The summed E-state index contributed by atoms with van der Waals surface area (Å²) < 4.78 is 33.5. The van der Waals surface area contributed by atoms with Crippen LogP contribution in [0, 0.1) is 5.92 Å². The summed E-state index contributed by atoms with van der Waals surface area (Å²) in [7, 11) is -4.17. The average molecular weight is 637 g/mol. The van der Waals surface area contributed by atoms with Gasteiger partial charge < -0.3 is 25.1 Å². The highest BCUT2D eigenvalue weighted by atomic mass is 32.2. The molecule has 0 bridgehead atoms. The van der Waals surface area contributed by atoms with Gasteiger partial charge in [0.1, 0.15) is 5.60 Å². The summed E-state index contributed by atoms with van der Waals surface area (Å²) in [6.45, 7) is 8.25. The van der Waals surface area contributed by atoms with Crippen LogP contribution in [-0.4, -0.2) is 62.5 Å². The second-order valence-corrected chi connectivity index (χ2v) is 13.6. The Kier molecular flexibility index (Phi) is 10.7. The molecule has 3 aromatic carbocycles. The number of hydrogen-bond donors (Lipinski definition) is 2. The van der Waals surface area contributed by atoms with Crippen molar-refractivity contribution in [2.75, 3.05) is 24.1 Å². The molecule has 0 saturated carbocycles. The second-order valence-electron chi connectivity index (χ2n) is 11.8. The second kappa shape index (κ2) is 14.5. The van der Waals surface area contributed by atoms with Gasteiger partial charge in [-0.1, -0.05) is 40.9 Å². The van der Waals surface area contributed by atoms with Crippen molar-refractivity contribution < 1.29 is 32.4 Å². The van der Waals surface area contributed by atoms with Crippen molar-refractivity contribution >= 4 is 33.6 Å². The number of hydrogen-bond acceptors (Lipinski definition) is 7. The van der Waals surface area contributed by atoms with E-state index in [9.17, 15) is 22.8 Å². The number of ether oxygens (including phenoxy) is 1. The predicted molar refractivity (Wildman–Crippen MR) is 170 cm³/mol. The third kappa shape index (κ3) is 9.21. The summed E-state index contributed by atoms with van der Waals surface area (Å²) in [5.74, 6) is -0.354. The first-order chi connectivity index (χ1) is 21.3. The maximum Gasteiger partial charge on any atom is 0.410 e. The molecule has 240 valence electrons. The highest BCUT2D eigenvalue weighted by Crippen LogP contribution is 2.26. The SMILES string of the molecule is CC(NC(=O)CNC(=O)c1ccc(S(=O)(=O)N(Oc2ccccc2)c2ccccc2)cc1)C1CCN(C(=O)OC(C)(C)C)CC1. The predicted octanol–water partition coefficient (Wildman–Crippen LogP) is 4.76. The maximum absolute atomic E-state index is 13.6. The maximum atomic E-state index is 13.6. The van der Waals surface area contributed by atoms with Gasteiger partial charge in [0.15, 0.2) is 5.75 Å². The molecule has 0 aromatic heterocycles. The first-order valence-corrected chi connectivity index (χ1v) is 16.3. The van der Waals surface area contributed by atoms with Crippen LogP contribution in [0.3, 0.4) is 0 Å². The van der Waals surface area contributed by atoms with Gasteiger partial charge in [-0.2, -0.15) is 8.42 Å². The molecule has 0 radical (unpaired) electrons. The Bertz CT molecular complexity index is 1550. The lowest BCUT2D eigenvalue weighted by atomic mass is 9.90. The number of para-hydroxylation sites is 2. The van der Waals surface area contributed by atoms with Gasteiger partial charge in [-0.15, -0.1) is 0 Å². The van der Waals surface area contributed by atoms with Gasteiger partial charge in [-0.25, -0.2) is 4.79 Å². The van der Waals surface area contributed by atoms with Crippen molar-refractivity contribution in [2.24, 2.45) is 5.92 Å². The van der Waals surface area contributed by atoms with E-state index in [-0.39, 0.29) is 41.0 Å². The van der Waals surface area contributed by atoms with E-state index in [4.69, 9.17) is 9.57 Å². The van der Waals surface area contributed by atoms with Crippen molar-refractivity contribution in [1.82, 2.24) is 15.5 Å². The minimum absolute atomic E-state index is 0.0804. The molecule has 1 saturated heterocycles. The zero-order valence-corrected chi connectivity index (χ0v) is 26.8. The normalized spacial score (nSPS) is 14.6. The first kappa shape index (κ1) is 33.3. The molecule has 0 spiro atoms. The summed E-state index contributed by atoms with van der Waals surface area (Å²) in [4.78, 5) is 45.1. The largest absolute Gasteiger partial charge is 0.444 e. The number of carbonyl (C=O) groups is 3. The molecular weight excluding hydrogens is 596 g/mol. The summed E-state index contributed by atoms with van der Waals surface area (Å²) in [6.07, 6.45) is 1.11. The van der Waals surface area contributed by atoms with E-state index in [1.807, 2.05) is 27.7 Å². The smallest absolute Gasteiger partial charge is 0.410 e. The third-order valence-corrected chi connectivity index (χ3v) is 8.82. The number of anilines is 1. The Balaban J connectivity index is 1.30. The van der Waals surface area contributed by atoms with Crippen LogP contribution in [0.15, 0.2) is 89.8 Å². The van der Waals surface area contributed by atoms with Gasteiger partial charge in [-0.05, 0) is 95.0 Å². The molecule has 12 heteroatoms. The Morgan fingerprint density at radius 1 is 0.911 bits per heavy atom. The van der Waals surface area contributed by atoms with Crippen LogP contribution in [0.2, 0.25) is 0 Å². The minimum Gasteiger partial charge on any atom is -0.444 e. The van der Waals surface area contributed by atoms with Gasteiger partial charge in [0.25, 0.3) is 15.9 Å². The number of rotatable bonds is 10.